The molecule has 0 unspecified atom stereocenters. The smallest absolute Gasteiger partial charge is 0.00580 e. The molecule has 0 aliphatic rings. The summed E-state index contributed by atoms with van der Waals surface area (Å²) >= 11 is 2.02. The maximum atomic E-state index is 3.12. The van der Waals surface area contributed by atoms with Gasteiger partial charge in [-0.15, -0.1) is 0 Å². The molecular weight excluding hydrogens is 130 g/mol. The lowest BCUT2D eigenvalue weighted by Gasteiger charge is -2.02. The number of thioether (sulfide) groups is 1. The predicted octanol–water partition coefficient (Wildman–Crippen LogP) is 1.59. The van der Waals surface area contributed by atoms with E-state index in [2.05, 4.69) is 19.2 Å². The van der Waals surface area contributed by atoms with Crippen molar-refractivity contribution in [2.75, 3.05) is 25.1 Å². The lowest BCUT2D eigenvalue weighted by atomic mass is 10.3. The van der Waals surface area contributed by atoms with E-state index in [4.69, 9.17) is 0 Å². The number of hydrogen-bond acceptors (Lipinski definition) is 2. The highest BCUT2D eigenvalue weighted by atomic mass is 32.2. The van der Waals surface area contributed by atoms with Crippen LogP contribution < -0.4 is 5.32 Å². The Labute approximate surface area is 62.6 Å². The van der Waals surface area contributed by atoms with Gasteiger partial charge in [0.05, 0.1) is 0 Å². The molecule has 9 heavy (non-hydrogen) atoms. The van der Waals surface area contributed by atoms with Crippen LogP contribution in [-0.2, 0) is 0 Å². The van der Waals surface area contributed by atoms with E-state index in [1.165, 1.54) is 11.5 Å². The average Bonchev–Trinajstić information content (AvgIpc) is 1.80. The molecule has 0 spiro atoms. The van der Waals surface area contributed by atoms with Crippen LogP contribution in [0.2, 0.25) is 0 Å². The number of rotatable bonds is 5. The first-order valence-corrected chi connectivity index (χ1v) is 4.65. The molecule has 2 heteroatoms. The molecular formula is C7H17NS. The molecule has 0 aliphatic heterocycles. The zero-order valence-electron chi connectivity index (χ0n) is 6.61. The third-order valence-corrected chi connectivity index (χ3v) is 2.34. The molecule has 0 rings (SSSR count). The SMILES string of the molecule is CNCCSCC(C)C. The van der Waals surface area contributed by atoms with E-state index >= 15 is 0 Å². The van der Waals surface area contributed by atoms with Gasteiger partial charge in [0.2, 0.25) is 0 Å². The van der Waals surface area contributed by atoms with Gasteiger partial charge in [-0.05, 0) is 18.7 Å². The molecule has 56 valence electrons. The minimum atomic E-state index is 0.840. The van der Waals surface area contributed by atoms with Crippen molar-refractivity contribution in [1.82, 2.24) is 5.32 Å². The molecule has 0 aromatic carbocycles. The Balaban J connectivity index is 2.75. The Hall–Kier alpha value is 0.310. The minimum absolute atomic E-state index is 0.840. The Morgan fingerprint density at radius 3 is 2.56 bits per heavy atom. The Kier molecular flexibility index (Phi) is 6.65. The second kappa shape index (κ2) is 6.43. The van der Waals surface area contributed by atoms with Gasteiger partial charge in [-0.25, -0.2) is 0 Å². The van der Waals surface area contributed by atoms with Crippen LogP contribution in [0.1, 0.15) is 13.8 Å². The normalized spacial score (nSPS) is 10.7. The van der Waals surface area contributed by atoms with Gasteiger partial charge < -0.3 is 5.32 Å². The van der Waals surface area contributed by atoms with Gasteiger partial charge >= 0.3 is 0 Å². The molecule has 0 aromatic rings. The highest BCUT2D eigenvalue weighted by Gasteiger charge is 1.91. The molecule has 0 saturated carbocycles. The van der Waals surface area contributed by atoms with Crippen molar-refractivity contribution in [3.8, 4) is 0 Å². The summed E-state index contributed by atoms with van der Waals surface area (Å²) in [4.78, 5) is 0. The monoisotopic (exact) mass is 147 g/mol. The van der Waals surface area contributed by atoms with Crippen LogP contribution >= 0.6 is 11.8 Å². The van der Waals surface area contributed by atoms with E-state index < -0.39 is 0 Å². The fourth-order valence-corrected chi connectivity index (χ4v) is 1.48. The van der Waals surface area contributed by atoms with Crippen molar-refractivity contribution in [1.29, 1.82) is 0 Å². The fraction of sp³-hybridized carbons (Fsp3) is 1.00. The summed E-state index contributed by atoms with van der Waals surface area (Å²) in [5.74, 6) is 3.38. The Bertz CT molecular complexity index is 54.9. The summed E-state index contributed by atoms with van der Waals surface area (Å²) in [5.41, 5.74) is 0. The van der Waals surface area contributed by atoms with Gasteiger partial charge in [0.25, 0.3) is 0 Å². The van der Waals surface area contributed by atoms with E-state index in [1.807, 2.05) is 18.8 Å². The molecule has 0 bridgehead atoms. The molecule has 0 aromatic heterocycles. The van der Waals surface area contributed by atoms with Crippen LogP contribution in [-0.4, -0.2) is 25.1 Å². The fourth-order valence-electron chi connectivity index (χ4n) is 0.493. The first kappa shape index (κ1) is 9.31. The van der Waals surface area contributed by atoms with Crippen LogP contribution in [0.3, 0.4) is 0 Å². The maximum absolute atomic E-state index is 3.12. The van der Waals surface area contributed by atoms with Crippen molar-refractivity contribution in [2.45, 2.75) is 13.8 Å². The summed E-state index contributed by atoms with van der Waals surface area (Å²) in [6.07, 6.45) is 0. The topological polar surface area (TPSA) is 12.0 Å². The summed E-state index contributed by atoms with van der Waals surface area (Å²) in [7, 11) is 2.00. The van der Waals surface area contributed by atoms with Gasteiger partial charge in [0, 0.05) is 12.3 Å². The van der Waals surface area contributed by atoms with Gasteiger partial charge in [0.1, 0.15) is 0 Å². The van der Waals surface area contributed by atoms with E-state index in [-0.39, 0.29) is 0 Å². The standard InChI is InChI=1S/C7H17NS/c1-7(2)6-9-5-4-8-3/h7-8H,4-6H2,1-3H3. The van der Waals surface area contributed by atoms with Crippen molar-refractivity contribution in [2.24, 2.45) is 5.92 Å². The van der Waals surface area contributed by atoms with E-state index in [1.54, 1.807) is 0 Å². The maximum Gasteiger partial charge on any atom is 0.00580 e. The first-order valence-electron chi connectivity index (χ1n) is 3.49. The molecule has 0 heterocycles. The molecule has 1 N–H and O–H groups in total. The van der Waals surface area contributed by atoms with Crippen molar-refractivity contribution >= 4 is 11.8 Å². The van der Waals surface area contributed by atoms with Crippen LogP contribution in [0.15, 0.2) is 0 Å². The van der Waals surface area contributed by atoms with E-state index in [0.29, 0.717) is 0 Å². The highest BCUT2D eigenvalue weighted by Crippen LogP contribution is 2.05. The molecule has 0 fully saturated rings. The molecule has 0 radical (unpaired) electrons. The molecule has 0 aliphatic carbocycles. The zero-order chi connectivity index (χ0) is 7.11. The van der Waals surface area contributed by atoms with Crippen LogP contribution in [0.25, 0.3) is 0 Å². The number of hydrogen-bond donors (Lipinski definition) is 1. The predicted molar refractivity (Wildman–Crippen MR) is 46.1 cm³/mol. The summed E-state index contributed by atoms with van der Waals surface area (Å²) in [6.45, 7) is 5.65. The lowest BCUT2D eigenvalue weighted by molar-refractivity contribution is 0.749. The van der Waals surface area contributed by atoms with Gasteiger partial charge in [0.15, 0.2) is 0 Å². The van der Waals surface area contributed by atoms with Crippen LogP contribution in [0.4, 0.5) is 0 Å². The lowest BCUT2D eigenvalue weighted by Crippen LogP contribution is -2.10. The van der Waals surface area contributed by atoms with Crippen LogP contribution in [0.5, 0.6) is 0 Å². The summed E-state index contributed by atoms with van der Waals surface area (Å²) in [5, 5.41) is 3.12. The summed E-state index contributed by atoms with van der Waals surface area (Å²) in [6, 6.07) is 0. The first-order chi connectivity index (χ1) is 4.27. The Morgan fingerprint density at radius 1 is 1.44 bits per heavy atom. The van der Waals surface area contributed by atoms with E-state index in [0.717, 1.165) is 12.5 Å². The van der Waals surface area contributed by atoms with Gasteiger partial charge in [-0.2, -0.15) is 11.8 Å². The number of nitrogens with one attached hydrogen (secondary N) is 1. The largest absolute Gasteiger partial charge is 0.319 e. The second-order valence-electron chi connectivity index (χ2n) is 2.57. The third-order valence-electron chi connectivity index (χ3n) is 0.948. The van der Waals surface area contributed by atoms with Crippen LogP contribution in [0, 0.1) is 5.92 Å². The van der Waals surface area contributed by atoms with Crippen molar-refractivity contribution < 1.29 is 0 Å². The molecule has 0 atom stereocenters. The van der Waals surface area contributed by atoms with Crippen molar-refractivity contribution in [3.05, 3.63) is 0 Å². The second-order valence-corrected chi connectivity index (χ2v) is 3.72. The highest BCUT2D eigenvalue weighted by molar-refractivity contribution is 7.99. The quantitative estimate of drug-likeness (QED) is 0.593. The van der Waals surface area contributed by atoms with E-state index in [9.17, 15) is 0 Å². The Morgan fingerprint density at radius 2 is 2.11 bits per heavy atom. The molecule has 1 nitrogen and oxygen atoms in total. The zero-order valence-corrected chi connectivity index (χ0v) is 7.42. The average molecular weight is 147 g/mol. The minimum Gasteiger partial charge on any atom is -0.319 e. The van der Waals surface area contributed by atoms with Gasteiger partial charge in [-0.3, -0.25) is 0 Å². The third kappa shape index (κ3) is 8.31. The molecule has 0 amide bonds. The van der Waals surface area contributed by atoms with Crippen molar-refractivity contribution in [3.63, 3.8) is 0 Å². The van der Waals surface area contributed by atoms with Gasteiger partial charge in [-0.1, -0.05) is 13.8 Å². The summed E-state index contributed by atoms with van der Waals surface area (Å²) < 4.78 is 0. The molecule has 0 saturated heterocycles.